The van der Waals surface area contributed by atoms with Crippen molar-refractivity contribution in [1.82, 2.24) is 15.1 Å². The van der Waals surface area contributed by atoms with E-state index in [2.05, 4.69) is 24.3 Å². The number of hydrogen-bond acceptors (Lipinski definition) is 2. The zero-order valence-corrected chi connectivity index (χ0v) is 9.95. The SMILES string of the molecule is Cc1c(CNC(C)C2CCC2)cnn1C. The monoisotopic (exact) mass is 207 g/mol. The molecule has 0 radical (unpaired) electrons. The van der Waals surface area contributed by atoms with Gasteiger partial charge in [-0.1, -0.05) is 6.42 Å². The topological polar surface area (TPSA) is 29.9 Å². The predicted octanol–water partition coefficient (Wildman–Crippen LogP) is 2.01. The molecule has 0 aromatic carbocycles. The Morgan fingerprint density at radius 2 is 2.33 bits per heavy atom. The highest BCUT2D eigenvalue weighted by Crippen LogP contribution is 2.29. The van der Waals surface area contributed by atoms with Crippen LogP contribution in [0.2, 0.25) is 0 Å². The standard InChI is InChI=1S/C12H21N3/c1-9(11-5-4-6-11)13-7-12-8-14-15(3)10(12)2/h8-9,11,13H,4-7H2,1-3H3. The molecule has 2 rings (SSSR count). The van der Waals surface area contributed by atoms with Gasteiger partial charge in [0.05, 0.1) is 6.20 Å². The van der Waals surface area contributed by atoms with Crippen LogP contribution in [0.25, 0.3) is 0 Å². The minimum absolute atomic E-state index is 0.651. The third-order valence-electron chi connectivity index (χ3n) is 3.81. The first-order valence-electron chi connectivity index (χ1n) is 5.89. The second-order valence-corrected chi connectivity index (χ2v) is 4.74. The molecule has 1 aliphatic carbocycles. The summed E-state index contributed by atoms with van der Waals surface area (Å²) >= 11 is 0. The lowest BCUT2D eigenvalue weighted by molar-refractivity contribution is 0.240. The maximum atomic E-state index is 4.25. The predicted molar refractivity (Wildman–Crippen MR) is 61.6 cm³/mol. The molecule has 0 saturated heterocycles. The first-order chi connectivity index (χ1) is 7.18. The minimum atomic E-state index is 0.651. The van der Waals surface area contributed by atoms with Gasteiger partial charge in [-0.25, -0.2) is 0 Å². The molecule has 1 saturated carbocycles. The van der Waals surface area contributed by atoms with Crippen molar-refractivity contribution < 1.29 is 0 Å². The lowest BCUT2D eigenvalue weighted by atomic mass is 9.80. The Morgan fingerprint density at radius 1 is 1.60 bits per heavy atom. The molecule has 15 heavy (non-hydrogen) atoms. The lowest BCUT2D eigenvalue weighted by Crippen LogP contribution is -2.36. The Kier molecular flexibility index (Phi) is 3.10. The highest BCUT2D eigenvalue weighted by molar-refractivity contribution is 5.15. The average Bonchev–Trinajstić information content (AvgIpc) is 2.42. The molecule has 1 aliphatic rings. The van der Waals surface area contributed by atoms with Crippen molar-refractivity contribution in [2.75, 3.05) is 0 Å². The molecule has 0 amide bonds. The average molecular weight is 207 g/mol. The van der Waals surface area contributed by atoms with Gasteiger partial charge in [-0.05, 0) is 32.6 Å². The van der Waals surface area contributed by atoms with Gasteiger partial charge < -0.3 is 5.32 Å². The van der Waals surface area contributed by atoms with Crippen molar-refractivity contribution in [2.45, 2.75) is 45.7 Å². The minimum Gasteiger partial charge on any atom is -0.310 e. The molecule has 1 heterocycles. The number of hydrogen-bond donors (Lipinski definition) is 1. The van der Waals surface area contributed by atoms with E-state index in [-0.39, 0.29) is 0 Å². The molecular weight excluding hydrogens is 186 g/mol. The van der Waals surface area contributed by atoms with Crippen LogP contribution in [-0.4, -0.2) is 15.8 Å². The zero-order valence-electron chi connectivity index (χ0n) is 9.95. The Bertz CT molecular complexity index is 326. The van der Waals surface area contributed by atoms with E-state index in [1.165, 1.54) is 30.5 Å². The summed E-state index contributed by atoms with van der Waals surface area (Å²) in [7, 11) is 1.99. The van der Waals surface area contributed by atoms with Crippen LogP contribution in [0.4, 0.5) is 0 Å². The molecule has 3 heteroatoms. The van der Waals surface area contributed by atoms with Crippen LogP contribution in [0.1, 0.15) is 37.4 Å². The van der Waals surface area contributed by atoms with Crippen LogP contribution >= 0.6 is 0 Å². The second kappa shape index (κ2) is 4.35. The summed E-state index contributed by atoms with van der Waals surface area (Å²) in [6, 6.07) is 0.651. The summed E-state index contributed by atoms with van der Waals surface area (Å²) in [5.41, 5.74) is 2.59. The fraction of sp³-hybridized carbons (Fsp3) is 0.750. The normalized spacial score (nSPS) is 18.9. The first kappa shape index (κ1) is 10.7. The van der Waals surface area contributed by atoms with Gasteiger partial charge in [-0.3, -0.25) is 4.68 Å². The highest BCUT2D eigenvalue weighted by Gasteiger charge is 2.23. The van der Waals surface area contributed by atoms with Crippen LogP contribution < -0.4 is 5.32 Å². The Labute approximate surface area is 91.9 Å². The van der Waals surface area contributed by atoms with E-state index in [0.717, 1.165) is 12.5 Å². The molecule has 84 valence electrons. The summed E-state index contributed by atoms with van der Waals surface area (Å²) in [5.74, 6) is 0.905. The van der Waals surface area contributed by atoms with Crippen molar-refractivity contribution in [3.63, 3.8) is 0 Å². The van der Waals surface area contributed by atoms with Crippen molar-refractivity contribution in [3.05, 3.63) is 17.5 Å². The summed E-state index contributed by atoms with van der Waals surface area (Å²) in [4.78, 5) is 0. The quantitative estimate of drug-likeness (QED) is 0.818. The van der Waals surface area contributed by atoms with Crippen LogP contribution in [0.15, 0.2) is 6.20 Å². The maximum absolute atomic E-state index is 4.25. The van der Waals surface area contributed by atoms with Crippen LogP contribution in [-0.2, 0) is 13.6 Å². The number of aromatic nitrogens is 2. The first-order valence-corrected chi connectivity index (χ1v) is 5.89. The number of nitrogens with zero attached hydrogens (tertiary/aromatic N) is 2. The van der Waals surface area contributed by atoms with Gasteiger partial charge in [0.15, 0.2) is 0 Å². The van der Waals surface area contributed by atoms with Crippen molar-refractivity contribution in [3.8, 4) is 0 Å². The molecule has 0 bridgehead atoms. The molecular formula is C12H21N3. The van der Waals surface area contributed by atoms with E-state index < -0.39 is 0 Å². The summed E-state index contributed by atoms with van der Waals surface area (Å²) in [6.45, 7) is 5.38. The van der Waals surface area contributed by atoms with Gasteiger partial charge in [-0.2, -0.15) is 5.10 Å². The smallest absolute Gasteiger partial charge is 0.0537 e. The molecule has 0 aliphatic heterocycles. The summed E-state index contributed by atoms with van der Waals surface area (Å²) in [6.07, 6.45) is 6.19. The second-order valence-electron chi connectivity index (χ2n) is 4.74. The van der Waals surface area contributed by atoms with Gasteiger partial charge >= 0.3 is 0 Å². The van der Waals surface area contributed by atoms with E-state index in [4.69, 9.17) is 0 Å². The van der Waals surface area contributed by atoms with Gasteiger partial charge in [0, 0.05) is 30.9 Å². The third-order valence-corrected chi connectivity index (χ3v) is 3.81. The van der Waals surface area contributed by atoms with Crippen molar-refractivity contribution in [2.24, 2.45) is 13.0 Å². The van der Waals surface area contributed by atoms with Crippen LogP contribution in [0.3, 0.4) is 0 Å². The fourth-order valence-electron chi connectivity index (χ4n) is 2.10. The lowest BCUT2D eigenvalue weighted by Gasteiger charge is -2.32. The Hall–Kier alpha value is -0.830. The maximum Gasteiger partial charge on any atom is 0.0537 e. The molecule has 1 atom stereocenters. The summed E-state index contributed by atoms with van der Waals surface area (Å²) < 4.78 is 1.94. The van der Waals surface area contributed by atoms with E-state index in [1.807, 2.05) is 17.9 Å². The molecule has 1 unspecified atom stereocenters. The van der Waals surface area contributed by atoms with Crippen molar-refractivity contribution >= 4 is 0 Å². The molecule has 1 aromatic heterocycles. The Morgan fingerprint density at radius 3 is 2.80 bits per heavy atom. The number of aryl methyl sites for hydroxylation is 1. The van der Waals surface area contributed by atoms with Gasteiger partial charge in [0.2, 0.25) is 0 Å². The van der Waals surface area contributed by atoms with Crippen LogP contribution in [0, 0.1) is 12.8 Å². The molecule has 1 aromatic rings. The molecule has 1 fully saturated rings. The van der Waals surface area contributed by atoms with E-state index in [0.29, 0.717) is 6.04 Å². The number of rotatable bonds is 4. The highest BCUT2D eigenvalue weighted by atomic mass is 15.3. The zero-order chi connectivity index (χ0) is 10.8. The molecule has 3 nitrogen and oxygen atoms in total. The largest absolute Gasteiger partial charge is 0.310 e. The fourth-order valence-corrected chi connectivity index (χ4v) is 2.10. The summed E-state index contributed by atoms with van der Waals surface area (Å²) in [5, 5.41) is 7.85. The molecule has 0 spiro atoms. The van der Waals surface area contributed by atoms with Gasteiger partial charge in [0.25, 0.3) is 0 Å². The van der Waals surface area contributed by atoms with E-state index in [1.54, 1.807) is 0 Å². The van der Waals surface area contributed by atoms with Crippen LogP contribution in [0.5, 0.6) is 0 Å². The molecule has 1 N–H and O–H groups in total. The van der Waals surface area contributed by atoms with Gasteiger partial charge in [0.1, 0.15) is 0 Å². The van der Waals surface area contributed by atoms with Crippen molar-refractivity contribution in [1.29, 1.82) is 0 Å². The third kappa shape index (κ3) is 2.23. The van der Waals surface area contributed by atoms with E-state index in [9.17, 15) is 0 Å². The van der Waals surface area contributed by atoms with E-state index >= 15 is 0 Å². The number of nitrogens with one attached hydrogen (secondary N) is 1. The Balaban J connectivity index is 1.84. The van der Waals surface area contributed by atoms with Gasteiger partial charge in [-0.15, -0.1) is 0 Å².